The molecule has 1 fully saturated rings. The van der Waals surface area contributed by atoms with Crippen LogP contribution in [0.1, 0.15) is 31.2 Å². The summed E-state index contributed by atoms with van der Waals surface area (Å²) in [5.41, 5.74) is 1.70. The Hall–Kier alpha value is -2.61. The van der Waals surface area contributed by atoms with Crippen LogP contribution in [0.4, 0.5) is 20.9 Å². The summed E-state index contributed by atoms with van der Waals surface area (Å²) in [6.07, 6.45) is 1.53. The molecule has 1 aliphatic rings. The van der Waals surface area contributed by atoms with Gasteiger partial charge in [-0.05, 0) is 38.6 Å². The highest BCUT2D eigenvalue weighted by Gasteiger charge is 2.22. The molecule has 146 valence electrons. The van der Waals surface area contributed by atoms with Gasteiger partial charge in [-0.25, -0.2) is 14.2 Å². The Morgan fingerprint density at radius 2 is 2.07 bits per heavy atom. The van der Waals surface area contributed by atoms with Crippen molar-refractivity contribution in [3.8, 4) is 0 Å². The first kappa shape index (κ1) is 19.2. The van der Waals surface area contributed by atoms with Crippen LogP contribution in [0.3, 0.4) is 0 Å². The molecule has 0 unspecified atom stereocenters. The van der Waals surface area contributed by atoms with Crippen LogP contribution in [0.15, 0.2) is 28.8 Å². The van der Waals surface area contributed by atoms with Crippen LogP contribution in [-0.2, 0) is 0 Å². The summed E-state index contributed by atoms with van der Waals surface area (Å²) < 4.78 is 19.1. The average molecular weight is 375 g/mol. The van der Waals surface area contributed by atoms with E-state index in [0.29, 0.717) is 5.76 Å². The van der Waals surface area contributed by atoms with Crippen molar-refractivity contribution < 1.29 is 13.6 Å². The van der Waals surface area contributed by atoms with E-state index in [0.717, 1.165) is 44.0 Å². The predicted molar refractivity (Wildman–Crippen MR) is 103 cm³/mol. The first-order valence-electron chi connectivity index (χ1n) is 9.23. The molecule has 7 nitrogen and oxygen atoms in total. The summed E-state index contributed by atoms with van der Waals surface area (Å²) in [7, 11) is 0. The van der Waals surface area contributed by atoms with E-state index in [2.05, 4.69) is 32.3 Å². The number of benzene rings is 1. The summed E-state index contributed by atoms with van der Waals surface area (Å²) in [5.74, 6) is 0.287. The van der Waals surface area contributed by atoms with Crippen LogP contribution in [0.25, 0.3) is 0 Å². The second-order valence-corrected chi connectivity index (χ2v) is 6.72. The minimum atomic E-state index is -0.449. The summed E-state index contributed by atoms with van der Waals surface area (Å²) in [6, 6.07) is 4.05. The molecular formula is C19H26FN5O2. The number of nitrogens with one attached hydrogen (secondary N) is 2. The van der Waals surface area contributed by atoms with Crippen molar-refractivity contribution in [3.05, 3.63) is 41.5 Å². The number of aryl methyl sites for hydroxylation is 1. The maximum atomic E-state index is 13.9. The molecule has 27 heavy (non-hydrogen) atoms. The van der Waals surface area contributed by atoms with Crippen molar-refractivity contribution >= 4 is 17.7 Å². The molecular weight excluding hydrogens is 349 g/mol. The lowest BCUT2D eigenvalue weighted by Gasteiger charge is -2.37. The minimum absolute atomic E-state index is 0.132. The van der Waals surface area contributed by atoms with Gasteiger partial charge in [0.05, 0.1) is 12.2 Å². The van der Waals surface area contributed by atoms with Crippen LogP contribution in [-0.4, -0.2) is 48.6 Å². The Morgan fingerprint density at radius 1 is 1.33 bits per heavy atom. The molecule has 1 saturated heterocycles. The van der Waals surface area contributed by atoms with E-state index in [-0.39, 0.29) is 17.9 Å². The molecule has 0 saturated carbocycles. The van der Waals surface area contributed by atoms with E-state index in [1.54, 1.807) is 13.0 Å². The Balaban J connectivity index is 1.70. The highest BCUT2D eigenvalue weighted by atomic mass is 19.1. The molecule has 2 heterocycles. The molecule has 1 atom stereocenters. The molecule has 8 heteroatoms. The third-order valence-corrected chi connectivity index (χ3v) is 4.81. The Bertz CT molecular complexity index is 786. The third kappa shape index (κ3) is 4.77. The molecule has 1 aromatic carbocycles. The predicted octanol–water partition coefficient (Wildman–Crippen LogP) is 3.15. The number of oxazole rings is 1. The quantitative estimate of drug-likeness (QED) is 0.840. The zero-order valence-corrected chi connectivity index (χ0v) is 16.0. The van der Waals surface area contributed by atoms with Gasteiger partial charge in [0.25, 0.3) is 0 Å². The summed E-state index contributed by atoms with van der Waals surface area (Å²) >= 11 is 0. The number of rotatable bonds is 5. The van der Waals surface area contributed by atoms with Gasteiger partial charge in [-0.15, -0.1) is 0 Å². The van der Waals surface area contributed by atoms with Crippen molar-refractivity contribution in [3.63, 3.8) is 0 Å². The molecule has 1 aliphatic heterocycles. The molecule has 2 amide bonds. The lowest BCUT2D eigenvalue weighted by molar-refractivity contribution is 0.248. The number of carbonyl (C=O) groups excluding carboxylic acids is 1. The average Bonchev–Trinajstić information content (AvgIpc) is 3.06. The first-order chi connectivity index (χ1) is 13.0. The molecule has 1 aromatic heterocycles. The van der Waals surface area contributed by atoms with Crippen molar-refractivity contribution in [2.45, 2.75) is 26.8 Å². The number of carbonyl (C=O) groups is 1. The number of hydrogen-bond acceptors (Lipinski definition) is 5. The molecule has 0 aliphatic carbocycles. The van der Waals surface area contributed by atoms with E-state index in [4.69, 9.17) is 4.42 Å². The van der Waals surface area contributed by atoms with Gasteiger partial charge < -0.3 is 19.5 Å². The number of piperazine rings is 1. The lowest BCUT2D eigenvalue weighted by Crippen LogP contribution is -2.46. The van der Waals surface area contributed by atoms with E-state index in [1.165, 1.54) is 18.3 Å². The van der Waals surface area contributed by atoms with Gasteiger partial charge in [-0.2, -0.15) is 0 Å². The SMILES string of the molecule is CCN1CCN(c2ccc(F)cc2[C@H](C)NC(=O)Nc2ncc(C)o2)CC1. The number of anilines is 2. The number of amides is 2. The normalized spacial score (nSPS) is 16.2. The van der Waals surface area contributed by atoms with E-state index in [9.17, 15) is 9.18 Å². The van der Waals surface area contributed by atoms with Crippen molar-refractivity contribution in [1.82, 2.24) is 15.2 Å². The number of halogens is 1. The first-order valence-corrected chi connectivity index (χ1v) is 9.23. The molecule has 2 N–H and O–H groups in total. The summed E-state index contributed by atoms with van der Waals surface area (Å²) in [5, 5.41) is 5.38. The van der Waals surface area contributed by atoms with Crippen molar-refractivity contribution in [1.29, 1.82) is 0 Å². The van der Waals surface area contributed by atoms with Crippen LogP contribution >= 0.6 is 0 Å². The number of nitrogens with zero attached hydrogens (tertiary/aromatic N) is 3. The second kappa shape index (κ2) is 8.39. The highest BCUT2D eigenvalue weighted by molar-refractivity contribution is 5.87. The van der Waals surface area contributed by atoms with Crippen LogP contribution in [0.2, 0.25) is 0 Å². The van der Waals surface area contributed by atoms with Gasteiger partial charge in [-0.3, -0.25) is 5.32 Å². The monoisotopic (exact) mass is 375 g/mol. The zero-order chi connectivity index (χ0) is 19.4. The molecule has 0 bridgehead atoms. The zero-order valence-electron chi connectivity index (χ0n) is 16.0. The summed E-state index contributed by atoms with van der Waals surface area (Å²) in [6.45, 7) is 10.5. The van der Waals surface area contributed by atoms with Crippen LogP contribution < -0.4 is 15.5 Å². The maximum Gasteiger partial charge on any atom is 0.323 e. The van der Waals surface area contributed by atoms with Gasteiger partial charge in [0.1, 0.15) is 11.6 Å². The van der Waals surface area contributed by atoms with Gasteiger partial charge >= 0.3 is 12.0 Å². The van der Waals surface area contributed by atoms with E-state index < -0.39 is 6.03 Å². The standard InChI is InChI=1S/C19H26FN5O2/c1-4-24-7-9-25(10-8-24)17-6-5-15(20)11-16(17)14(3)22-18(26)23-19-21-12-13(2)27-19/h5-6,11-12,14H,4,7-10H2,1-3H3,(H2,21,22,23,26)/t14-/m0/s1. The van der Waals surface area contributed by atoms with Gasteiger partial charge in [0.2, 0.25) is 0 Å². The number of urea groups is 1. The van der Waals surface area contributed by atoms with Gasteiger partial charge in [-0.1, -0.05) is 6.92 Å². The fraction of sp³-hybridized carbons (Fsp3) is 0.474. The Morgan fingerprint density at radius 3 is 2.70 bits per heavy atom. The summed E-state index contributed by atoms with van der Waals surface area (Å²) in [4.78, 5) is 20.8. The van der Waals surface area contributed by atoms with Crippen LogP contribution in [0.5, 0.6) is 0 Å². The van der Waals surface area contributed by atoms with Gasteiger partial charge in [0, 0.05) is 37.4 Å². The Kier molecular flexibility index (Phi) is 5.95. The fourth-order valence-corrected chi connectivity index (χ4v) is 3.29. The minimum Gasteiger partial charge on any atom is -0.429 e. The largest absolute Gasteiger partial charge is 0.429 e. The number of likely N-dealkylation sites (N-methyl/N-ethyl adjacent to an activating group) is 1. The smallest absolute Gasteiger partial charge is 0.323 e. The highest BCUT2D eigenvalue weighted by Crippen LogP contribution is 2.28. The van der Waals surface area contributed by atoms with Gasteiger partial charge in [0.15, 0.2) is 0 Å². The molecule has 3 rings (SSSR count). The lowest BCUT2D eigenvalue weighted by atomic mass is 10.0. The topological polar surface area (TPSA) is 73.6 Å². The number of hydrogen-bond donors (Lipinski definition) is 2. The van der Waals surface area contributed by atoms with E-state index >= 15 is 0 Å². The maximum absolute atomic E-state index is 13.9. The van der Waals surface area contributed by atoms with Crippen molar-refractivity contribution in [2.24, 2.45) is 0 Å². The Labute approximate surface area is 158 Å². The number of aromatic nitrogens is 1. The van der Waals surface area contributed by atoms with E-state index in [1.807, 2.05) is 6.92 Å². The van der Waals surface area contributed by atoms with Crippen LogP contribution in [0, 0.1) is 12.7 Å². The molecule has 0 radical (unpaired) electrons. The third-order valence-electron chi connectivity index (χ3n) is 4.81. The fourth-order valence-electron chi connectivity index (χ4n) is 3.29. The molecule has 2 aromatic rings. The van der Waals surface area contributed by atoms with Crippen molar-refractivity contribution in [2.75, 3.05) is 42.9 Å². The second-order valence-electron chi connectivity index (χ2n) is 6.72. The molecule has 0 spiro atoms.